The standard InChI is InChI=1S/C15H19ClN2O3S/c1-15(2,3)21-14(19)18(4)7-8-20-12-9-11-13(22-12)10(16)5-6-17-11/h5-6,9H,7-8H2,1-4H3. The summed E-state index contributed by atoms with van der Waals surface area (Å²) in [6, 6.07) is 3.60. The summed E-state index contributed by atoms with van der Waals surface area (Å²) in [7, 11) is 1.68. The molecule has 5 nitrogen and oxygen atoms in total. The van der Waals surface area contributed by atoms with Crippen molar-refractivity contribution in [1.29, 1.82) is 0 Å². The Hall–Kier alpha value is -1.53. The second kappa shape index (κ2) is 6.71. The first-order chi connectivity index (χ1) is 10.3. The van der Waals surface area contributed by atoms with Crippen LogP contribution in [-0.2, 0) is 4.74 Å². The van der Waals surface area contributed by atoms with E-state index in [4.69, 9.17) is 21.1 Å². The maximum absolute atomic E-state index is 11.8. The zero-order valence-corrected chi connectivity index (χ0v) is 14.6. The van der Waals surface area contributed by atoms with Gasteiger partial charge in [0.1, 0.15) is 12.2 Å². The maximum Gasteiger partial charge on any atom is 0.410 e. The van der Waals surface area contributed by atoms with Gasteiger partial charge >= 0.3 is 6.09 Å². The highest BCUT2D eigenvalue weighted by Gasteiger charge is 2.19. The number of hydrogen-bond donors (Lipinski definition) is 0. The summed E-state index contributed by atoms with van der Waals surface area (Å²) in [5.41, 5.74) is 0.313. The Morgan fingerprint density at radius 2 is 2.18 bits per heavy atom. The molecule has 0 aliphatic heterocycles. The van der Waals surface area contributed by atoms with Gasteiger partial charge in [0.25, 0.3) is 0 Å². The molecule has 0 saturated carbocycles. The van der Waals surface area contributed by atoms with E-state index in [1.807, 2.05) is 26.8 Å². The molecule has 0 bridgehead atoms. The molecule has 22 heavy (non-hydrogen) atoms. The molecule has 7 heteroatoms. The molecule has 0 unspecified atom stereocenters. The van der Waals surface area contributed by atoms with Crippen LogP contribution >= 0.6 is 22.9 Å². The van der Waals surface area contributed by atoms with Gasteiger partial charge in [-0.05, 0) is 26.8 Å². The van der Waals surface area contributed by atoms with E-state index in [2.05, 4.69) is 4.98 Å². The number of aromatic nitrogens is 1. The second-order valence-corrected chi connectivity index (χ2v) is 7.24. The van der Waals surface area contributed by atoms with Gasteiger partial charge in [-0.1, -0.05) is 22.9 Å². The number of nitrogens with zero attached hydrogens (tertiary/aromatic N) is 2. The highest BCUT2D eigenvalue weighted by atomic mass is 35.5. The van der Waals surface area contributed by atoms with Crippen molar-refractivity contribution in [1.82, 2.24) is 9.88 Å². The van der Waals surface area contributed by atoms with Crippen molar-refractivity contribution in [3.63, 3.8) is 0 Å². The van der Waals surface area contributed by atoms with Gasteiger partial charge in [-0.2, -0.15) is 0 Å². The number of rotatable bonds is 4. The SMILES string of the molecule is CN(CCOc1cc2nccc(Cl)c2s1)C(=O)OC(C)(C)C. The van der Waals surface area contributed by atoms with E-state index in [0.717, 1.165) is 15.3 Å². The quantitative estimate of drug-likeness (QED) is 0.835. The third-order valence-corrected chi connectivity index (χ3v) is 4.21. The molecule has 0 N–H and O–H groups in total. The first-order valence-corrected chi connectivity index (χ1v) is 8.07. The van der Waals surface area contributed by atoms with E-state index < -0.39 is 5.60 Å². The van der Waals surface area contributed by atoms with Gasteiger partial charge < -0.3 is 14.4 Å². The summed E-state index contributed by atoms with van der Waals surface area (Å²) in [6.45, 7) is 6.32. The third kappa shape index (κ3) is 4.48. The molecule has 120 valence electrons. The molecule has 0 radical (unpaired) electrons. The van der Waals surface area contributed by atoms with Crippen LogP contribution in [0.5, 0.6) is 5.06 Å². The van der Waals surface area contributed by atoms with Crippen LogP contribution < -0.4 is 4.74 Å². The molecule has 0 saturated heterocycles. The lowest BCUT2D eigenvalue weighted by atomic mass is 10.2. The Morgan fingerprint density at radius 3 is 2.82 bits per heavy atom. The monoisotopic (exact) mass is 342 g/mol. The number of carbonyl (C=O) groups excluding carboxylic acids is 1. The number of hydrogen-bond acceptors (Lipinski definition) is 5. The van der Waals surface area contributed by atoms with Gasteiger partial charge in [0, 0.05) is 19.3 Å². The highest BCUT2D eigenvalue weighted by Crippen LogP contribution is 2.34. The van der Waals surface area contributed by atoms with Crippen LogP contribution in [0.1, 0.15) is 20.8 Å². The molecule has 0 spiro atoms. The fourth-order valence-corrected chi connectivity index (χ4v) is 2.84. The summed E-state index contributed by atoms with van der Waals surface area (Å²) in [5.74, 6) is 0. The first-order valence-electron chi connectivity index (χ1n) is 6.87. The average molecular weight is 343 g/mol. The summed E-state index contributed by atoms with van der Waals surface area (Å²) >= 11 is 7.55. The highest BCUT2D eigenvalue weighted by molar-refractivity contribution is 7.21. The largest absolute Gasteiger partial charge is 0.482 e. The molecule has 1 amide bonds. The maximum atomic E-state index is 11.8. The summed E-state index contributed by atoms with van der Waals surface area (Å²) < 4.78 is 11.8. The number of likely N-dealkylation sites (N-methyl/N-ethyl adjacent to an activating group) is 1. The number of amides is 1. The summed E-state index contributed by atoms with van der Waals surface area (Å²) in [5, 5.41) is 1.39. The minimum atomic E-state index is -0.500. The number of carbonyl (C=O) groups is 1. The van der Waals surface area contributed by atoms with Crippen molar-refractivity contribution in [2.75, 3.05) is 20.2 Å². The lowest BCUT2D eigenvalue weighted by molar-refractivity contribution is 0.0279. The van der Waals surface area contributed by atoms with Crippen molar-refractivity contribution in [2.45, 2.75) is 26.4 Å². The van der Waals surface area contributed by atoms with Crippen molar-refractivity contribution in [3.8, 4) is 5.06 Å². The Bertz CT molecular complexity index is 666. The average Bonchev–Trinajstić information content (AvgIpc) is 2.81. The van der Waals surface area contributed by atoms with Crippen LogP contribution in [0.15, 0.2) is 18.3 Å². The molecule has 0 aliphatic carbocycles. The van der Waals surface area contributed by atoms with E-state index in [0.29, 0.717) is 18.2 Å². The smallest absolute Gasteiger partial charge is 0.410 e. The van der Waals surface area contributed by atoms with Crippen molar-refractivity contribution >= 4 is 39.2 Å². The van der Waals surface area contributed by atoms with E-state index in [-0.39, 0.29) is 6.09 Å². The van der Waals surface area contributed by atoms with Crippen LogP contribution in [0.3, 0.4) is 0 Å². The van der Waals surface area contributed by atoms with Gasteiger partial charge in [0.2, 0.25) is 0 Å². The van der Waals surface area contributed by atoms with E-state index in [1.165, 1.54) is 16.2 Å². The molecule has 2 aromatic heterocycles. The molecular weight excluding hydrogens is 324 g/mol. The van der Waals surface area contributed by atoms with Crippen LogP contribution in [0.4, 0.5) is 4.79 Å². The fourth-order valence-electron chi connectivity index (χ4n) is 1.67. The van der Waals surface area contributed by atoms with Crippen molar-refractivity contribution < 1.29 is 14.3 Å². The van der Waals surface area contributed by atoms with E-state index >= 15 is 0 Å². The van der Waals surface area contributed by atoms with Crippen LogP contribution in [0, 0.1) is 0 Å². The van der Waals surface area contributed by atoms with Gasteiger partial charge in [0.05, 0.1) is 21.8 Å². The third-order valence-electron chi connectivity index (χ3n) is 2.72. The predicted octanol–water partition coefficient (Wildman–Crippen LogP) is 4.20. The number of pyridine rings is 1. The van der Waals surface area contributed by atoms with Gasteiger partial charge in [-0.15, -0.1) is 0 Å². The molecule has 2 aromatic rings. The Balaban J connectivity index is 1.87. The van der Waals surface area contributed by atoms with Crippen LogP contribution in [0.25, 0.3) is 10.2 Å². The van der Waals surface area contributed by atoms with Crippen molar-refractivity contribution in [2.24, 2.45) is 0 Å². The predicted molar refractivity (Wildman–Crippen MR) is 89.0 cm³/mol. The van der Waals surface area contributed by atoms with E-state index in [1.54, 1.807) is 19.3 Å². The number of fused-ring (bicyclic) bond motifs is 1. The first kappa shape index (κ1) is 16.8. The second-order valence-electron chi connectivity index (χ2n) is 5.82. The zero-order valence-electron chi connectivity index (χ0n) is 13.1. The topological polar surface area (TPSA) is 51.7 Å². The Labute approximate surface area is 138 Å². The molecule has 0 aliphatic rings. The summed E-state index contributed by atoms with van der Waals surface area (Å²) in [4.78, 5) is 17.5. The van der Waals surface area contributed by atoms with Gasteiger partial charge in [-0.25, -0.2) is 4.79 Å². The fraction of sp³-hybridized carbons (Fsp3) is 0.467. The van der Waals surface area contributed by atoms with Crippen LogP contribution in [0.2, 0.25) is 5.02 Å². The number of halogens is 1. The lowest BCUT2D eigenvalue weighted by Gasteiger charge is -2.24. The molecule has 0 fully saturated rings. The van der Waals surface area contributed by atoms with Gasteiger partial charge in [-0.3, -0.25) is 4.98 Å². The Kier molecular flexibility index (Phi) is 5.13. The zero-order chi connectivity index (χ0) is 16.3. The lowest BCUT2D eigenvalue weighted by Crippen LogP contribution is -2.36. The van der Waals surface area contributed by atoms with Crippen LogP contribution in [-0.4, -0.2) is 41.8 Å². The van der Waals surface area contributed by atoms with Crippen molar-refractivity contribution in [3.05, 3.63) is 23.4 Å². The minimum absolute atomic E-state index is 0.364. The molecule has 0 aromatic carbocycles. The number of ether oxygens (including phenoxy) is 2. The summed E-state index contributed by atoms with van der Waals surface area (Å²) in [6.07, 6.45) is 1.30. The Morgan fingerprint density at radius 1 is 1.45 bits per heavy atom. The molecule has 2 heterocycles. The van der Waals surface area contributed by atoms with Gasteiger partial charge in [0.15, 0.2) is 5.06 Å². The normalized spacial score (nSPS) is 11.5. The molecule has 0 atom stereocenters. The molecular formula is C15H19ClN2O3S. The minimum Gasteiger partial charge on any atom is -0.482 e. The number of thiophene rings is 1. The van der Waals surface area contributed by atoms with E-state index in [9.17, 15) is 4.79 Å². The molecule has 2 rings (SSSR count).